The van der Waals surface area contributed by atoms with Crippen LogP contribution in [0.2, 0.25) is 0 Å². The van der Waals surface area contributed by atoms with Crippen LogP contribution in [0.1, 0.15) is 46.5 Å². The number of carbonyl (C=O) groups is 1. The highest BCUT2D eigenvalue weighted by molar-refractivity contribution is 5.67. The van der Waals surface area contributed by atoms with Crippen molar-refractivity contribution in [2.45, 2.75) is 64.7 Å². The molecule has 0 saturated carbocycles. The molecule has 2 unspecified atom stereocenters. The second-order valence-corrected chi connectivity index (χ2v) is 4.50. The fourth-order valence-electron chi connectivity index (χ4n) is 1.85. The zero-order valence-electron chi connectivity index (χ0n) is 11.1. The van der Waals surface area contributed by atoms with E-state index in [-0.39, 0.29) is 12.6 Å². The normalized spacial score (nSPS) is 15.7. The van der Waals surface area contributed by atoms with Crippen molar-refractivity contribution < 1.29 is 23.1 Å². The molecular formula is C12H22F3NO2. The maximum atomic E-state index is 12.9. The number of carboxylic acid groups (broad SMARTS) is 1. The Morgan fingerprint density at radius 1 is 1.33 bits per heavy atom. The number of carboxylic acids is 1. The Morgan fingerprint density at radius 3 is 2.22 bits per heavy atom. The molecule has 0 aliphatic heterocycles. The van der Waals surface area contributed by atoms with Crippen molar-refractivity contribution in [2.24, 2.45) is 0 Å². The summed E-state index contributed by atoms with van der Waals surface area (Å²) in [6.07, 6.45) is -3.41. The average Bonchev–Trinajstić information content (AvgIpc) is 2.25. The molecule has 0 aromatic rings. The number of rotatable bonds is 8. The Kier molecular flexibility index (Phi) is 7.28. The van der Waals surface area contributed by atoms with Gasteiger partial charge in [-0.1, -0.05) is 20.3 Å². The van der Waals surface area contributed by atoms with Gasteiger partial charge < -0.3 is 5.11 Å². The molecule has 0 spiro atoms. The summed E-state index contributed by atoms with van der Waals surface area (Å²) < 4.78 is 38.8. The third-order valence-corrected chi connectivity index (χ3v) is 3.07. The lowest BCUT2D eigenvalue weighted by molar-refractivity contribution is -0.195. The van der Waals surface area contributed by atoms with Gasteiger partial charge in [-0.3, -0.25) is 9.69 Å². The molecule has 0 fully saturated rings. The van der Waals surface area contributed by atoms with Crippen LogP contribution in [-0.2, 0) is 4.79 Å². The third kappa shape index (κ3) is 5.71. The van der Waals surface area contributed by atoms with Crippen LogP contribution in [0.15, 0.2) is 0 Å². The molecule has 1 N–H and O–H groups in total. The van der Waals surface area contributed by atoms with Crippen LogP contribution >= 0.6 is 0 Å². The van der Waals surface area contributed by atoms with Crippen molar-refractivity contribution in [1.29, 1.82) is 0 Å². The van der Waals surface area contributed by atoms with Gasteiger partial charge in [0.05, 0.1) is 6.42 Å². The van der Waals surface area contributed by atoms with Gasteiger partial charge in [-0.2, -0.15) is 13.2 Å². The molecule has 0 aromatic carbocycles. The number of hydrogen-bond acceptors (Lipinski definition) is 2. The van der Waals surface area contributed by atoms with Crippen LogP contribution in [0.5, 0.6) is 0 Å². The molecule has 0 aliphatic carbocycles. The van der Waals surface area contributed by atoms with Gasteiger partial charge in [0.1, 0.15) is 6.04 Å². The van der Waals surface area contributed by atoms with Crippen molar-refractivity contribution in [3.8, 4) is 0 Å². The van der Waals surface area contributed by atoms with Gasteiger partial charge >= 0.3 is 12.1 Å². The predicted molar refractivity (Wildman–Crippen MR) is 63.5 cm³/mol. The Morgan fingerprint density at radius 2 is 1.89 bits per heavy atom. The second-order valence-electron chi connectivity index (χ2n) is 4.50. The van der Waals surface area contributed by atoms with Gasteiger partial charge in [0.25, 0.3) is 0 Å². The van der Waals surface area contributed by atoms with E-state index in [4.69, 9.17) is 5.11 Å². The van der Waals surface area contributed by atoms with E-state index in [0.717, 1.165) is 6.42 Å². The van der Waals surface area contributed by atoms with E-state index in [1.54, 1.807) is 13.8 Å². The Labute approximate surface area is 106 Å². The van der Waals surface area contributed by atoms with Crippen LogP contribution in [0.3, 0.4) is 0 Å². The molecule has 6 heteroatoms. The summed E-state index contributed by atoms with van der Waals surface area (Å²) >= 11 is 0. The molecule has 3 nitrogen and oxygen atoms in total. The van der Waals surface area contributed by atoms with E-state index in [2.05, 4.69) is 0 Å². The molecule has 18 heavy (non-hydrogen) atoms. The minimum atomic E-state index is -4.50. The highest BCUT2D eigenvalue weighted by Gasteiger charge is 2.45. The molecule has 108 valence electrons. The highest BCUT2D eigenvalue weighted by Crippen LogP contribution is 2.29. The fourth-order valence-corrected chi connectivity index (χ4v) is 1.85. The molecule has 0 aliphatic rings. The number of halogens is 3. The molecule has 0 amide bonds. The first kappa shape index (κ1) is 17.2. The van der Waals surface area contributed by atoms with Crippen molar-refractivity contribution >= 4 is 5.97 Å². The molecule has 2 atom stereocenters. The summed E-state index contributed by atoms with van der Waals surface area (Å²) in [6, 6.07) is -2.17. The van der Waals surface area contributed by atoms with Crippen LogP contribution in [0, 0.1) is 0 Å². The van der Waals surface area contributed by atoms with E-state index in [0.29, 0.717) is 12.8 Å². The van der Waals surface area contributed by atoms with Crippen LogP contribution in [0.25, 0.3) is 0 Å². The smallest absolute Gasteiger partial charge is 0.404 e. The lowest BCUT2D eigenvalue weighted by Gasteiger charge is -2.36. The number of unbranched alkanes of at least 4 members (excludes halogenated alkanes) is 1. The Hall–Kier alpha value is -0.780. The van der Waals surface area contributed by atoms with Gasteiger partial charge in [-0.25, -0.2) is 0 Å². The predicted octanol–water partition coefficient (Wildman–Crippen LogP) is 3.29. The van der Waals surface area contributed by atoms with Crippen molar-refractivity contribution in [3.63, 3.8) is 0 Å². The van der Waals surface area contributed by atoms with E-state index < -0.39 is 24.6 Å². The van der Waals surface area contributed by atoms with Gasteiger partial charge in [0.15, 0.2) is 0 Å². The number of alkyl halides is 3. The van der Waals surface area contributed by atoms with Crippen LogP contribution in [-0.4, -0.2) is 40.8 Å². The van der Waals surface area contributed by atoms with Crippen molar-refractivity contribution in [2.75, 3.05) is 6.54 Å². The number of hydrogen-bond donors (Lipinski definition) is 1. The molecule has 0 aromatic heterocycles. The fraction of sp³-hybridized carbons (Fsp3) is 0.917. The lowest BCUT2D eigenvalue weighted by Crippen LogP contribution is -2.51. The van der Waals surface area contributed by atoms with Crippen molar-refractivity contribution in [3.05, 3.63) is 0 Å². The summed E-state index contributed by atoms with van der Waals surface area (Å²) in [4.78, 5) is 11.9. The molecule has 0 saturated heterocycles. The first-order chi connectivity index (χ1) is 8.23. The monoisotopic (exact) mass is 269 g/mol. The number of aliphatic carboxylic acids is 1. The Bertz CT molecular complexity index is 256. The highest BCUT2D eigenvalue weighted by atomic mass is 19.4. The van der Waals surface area contributed by atoms with Crippen LogP contribution < -0.4 is 0 Å². The zero-order chi connectivity index (χ0) is 14.3. The third-order valence-electron chi connectivity index (χ3n) is 3.07. The zero-order valence-corrected chi connectivity index (χ0v) is 11.1. The van der Waals surface area contributed by atoms with Crippen molar-refractivity contribution in [1.82, 2.24) is 4.90 Å². The number of nitrogens with zero attached hydrogens (tertiary/aromatic N) is 1. The van der Waals surface area contributed by atoms with Crippen LogP contribution in [0.4, 0.5) is 13.2 Å². The molecule has 0 bridgehead atoms. The summed E-state index contributed by atoms with van der Waals surface area (Å²) in [5, 5.41) is 8.65. The van der Waals surface area contributed by atoms with Gasteiger partial charge in [0.2, 0.25) is 0 Å². The van der Waals surface area contributed by atoms with Gasteiger partial charge in [-0.15, -0.1) is 0 Å². The van der Waals surface area contributed by atoms with E-state index in [9.17, 15) is 18.0 Å². The van der Waals surface area contributed by atoms with E-state index >= 15 is 0 Å². The minimum Gasteiger partial charge on any atom is -0.481 e. The molecule has 0 heterocycles. The molecule has 0 rings (SSSR count). The maximum absolute atomic E-state index is 12.9. The summed E-state index contributed by atoms with van der Waals surface area (Å²) in [5.74, 6) is -1.41. The second kappa shape index (κ2) is 7.61. The SMILES string of the molecule is CCCCN(C(C)CC)C(CC(=O)O)C(F)(F)F. The quantitative estimate of drug-likeness (QED) is 0.735. The first-order valence-electron chi connectivity index (χ1n) is 6.28. The van der Waals surface area contributed by atoms with E-state index in [1.165, 1.54) is 4.90 Å². The Balaban J connectivity index is 5.00. The first-order valence-corrected chi connectivity index (χ1v) is 6.28. The summed E-state index contributed by atoms with van der Waals surface area (Å²) in [5.41, 5.74) is 0. The van der Waals surface area contributed by atoms with E-state index in [1.807, 2.05) is 6.92 Å². The lowest BCUT2D eigenvalue weighted by atomic mass is 10.1. The van der Waals surface area contributed by atoms with Gasteiger partial charge in [-0.05, 0) is 26.3 Å². The summed E-state index contributed by atoms with van der Waals surface area (Å²) in [6.45, 7) is 5.69. The van der Waals surface area contributed by atoms with Gasteiger partial charge in [0, 0.05) is 6.04 Å². The molecule has 0 radical (unpaired) electrons. The largest absolute Gasteiger partial charge is 0.481 e. The topological polar surface area (TPSA) is 40.5 Å². The average molecular weight is 269 g/mol. The standard InChI is InChI=1S/C12H22F3NO2/c1-4-6-7-16(9(3)5-2)10(8-11(17)18)12(13,14)15/h9-10H,4-8H2,1-3H3,(H,17,18). The minimum absolute atomic E-state index is 0.275. The molecular weight excluding hydrogens is 247 g/mol. The summed E-state index contributed by atoms with van der Waals surface area (Å²) in [7, 11) is 0. The maximum Gasteiger partial charge on any atom is 0.404 e.